The monoisotopic (exact) mass is 422 g/mol. The van der Waals surface area contributed by atoms with Crippen molar-refractivity contribution in [3.8, 4) is 0 Å². The molecule has 6 heteroatoms. The van der Waals surface area contributed by atoms with Gasteiger partial charge in [0.2, 0.25) is 5.91 Å². The van der Waals surface area contributed by atoms with Gasteiger partial charge in [0.15, 0.2) is 0 Å². The standard InChI is InChI=1S/C24H36F2N2O2/c1-15(2)6-5-9-24(20-7-4-8-21(20)24)27-14-23(30)22(28-16(3)29)12-17-10-18(25)13-19(26)11-17/h10-11,13,15,20-23,27,30H,4-9,12,14H2,1-3H3,(H,28,29). The van der Waals surface area contributed by atoms with E-state index in [-0.39, 0.29) is 17.9 Å². The van der Waals surface area contributed by atoms with Gasteiger partial charge >= 0.3 is 0 Å². The first-order valence-electron chi connectivity index (χ1n) is 11.4. The fourth-order valence-electron chi connectivity index (χ4n) is 5.57. The molecule has 0 aliphatic heterocycles. The van der Waals surface area contributed by atoms with Gasteiger partial charge in [0.25, 0.3) is 0 Å². The molecule has 2 aliphatic rings. The van der Waals surface area contributed by atoms with Crippen molar-refractivity contribution in [3.05, 3.63) is 35.4 Å². The van der Waals surface area contributed by atoms with Crippen LogP contribution in [0.15, 0.2) is 18.2 Å². The molecule has 1 aromatic carbocycles. The third kappa shape index (κ3) is 5.58. The van der Waals surface area contributed by atoms with Crippen LogP contribution < -0.4 is 10.6 Å². The van der Waals surface area contributed by atoms with Gasteiger partial charge in [0.1, 0.15) is 11.6 Å². The van der Waals surface area contributed by atoms with Gasteiger partial charge in [0, 0.05) is 25.1 Å². The van der Waals surface area contributed by atoms with Crippen molar-refractivity contribution in [1.82, 2.24) is 10.6 Å². The number of fused-ring (bicyclic) bond motifs is 1. The Bertz CT molecular complexity index is 710. The summed E-state index contributed by atoms with van der Waals surface area (Å²) in [7, 11) is 0. The quantitative estimate of drug-likeness (QED) is 0.506. The minimum atomic E-state index is -0.844. The zero-order valence-corrected chi connectivity index (χ0v) is 18.4. The van der Waals surface area contributed by atoms with Crippen molar-refractivity contribution in [2.75, 3.05) is 6.54 Å². The fraction of sp³-hybridized carbons (Fsp3) is 0.708. The van der Waals surface area contributed by atoms with Crippen LogP contribution in [0.5, 0.6) is 0 Å². The number of β-amino-alcohol motifs (C(OH)–C–C–N with tert-alkyl or cyclic N) is 1. The van der Waals surface area contributed by atoms with Gasteiger partial charge in [-0.15, -0.1) is 0 Å². The highest BCUT2D eigenvalue weighted by Crippen LogP contribution is 2.62. The zero-order valence-electron chi connectivity index (χ0n) is 18.4. The molecule has 1 amide bonds. The SMILES string of the molecule is CC(=O)NC(Cc1cc(F)cc(F)c1)C(O)CNC1(CCCC(C)C)C2CCCC21. The topological polar surface area (TPSA) is 61.4 Å². The smallest absolute Gasteiger partial charge is 0.217 e. The average molecular weight is 423 g/mol. The molecule has 4 nitrogen and oxygen atoms in total. The molecule has 0 aromatic heterocycles. The molecule has 0 bridgehead atoms. The Morgan fingerprint density at radius 1 is 1.20 bits per heavy atom. The summed E-state index contributed by atoms with van der Waals surface area (Å²) in [6.45, 7) is 6.23. The Morgan fingerprint density at radius 2 is 1.83 bits per heavy atom. The van der Waals surface area contributed by atoms with E-state index in [1.807, 2.05) is 0 Å². The molecule has 3 N–H and O–H groups in total. The van der Waals surface area contributed by atoms with Gasteiger partial charge in [-0.25, -0.2) is 8.78 Å². The summed E-state index contributed by atoms with van der Waals surface area (Å²) in [5.41, 5.74) is 0.528. The zero-order chi connectivity index (χ0) is 21.9. The van der Waals surface area contributed by atoms with E-state index in [2.05, 4.69) is 24.5 Å². The number of hydrogen-bond donors (Lipinski definition) is 3. The van der Waals surface area contributed by atoms with E-state index in [4.69, 9.17) is 0 Å². The van der Waals surface area contributed by atoms with Crippen LogP contribution in [0.25, 0.3) is 0 Å². The van der Waals surface area contributed by atoms with Crippen LogP contribution >= 0.6 is 0 Å². The fourth-order valence-corrected chi connectivity index (χ4v) is 5.57. The van der Waals surface area contributed by atoms with E-state index >= 15 is 0 Å². The minimum Gasteiger partial charge on any atom is -0.390 e. The maximum atomic E-state index is 13.6. The normalized spacial score (nSPS) is 27.0. The molecule has 30 heavy (non-hydrogen) atoms. The highest BCUT2D eigenvalue weighted by molar-refractivity contribution is 5.73. The van der Waals surface area contributed by atoms with Crippen LogP contribution in [0.4, 0.5) is 8.78 Å². The van der Waals surface area contributed by atoms with Crippen LogP contribution in [-0.2, 0) is 11.2 Å². The van der Waals surface area contributed by atoms with Crippen molar-refractivity contribution < 1.29 is 18.7 Å². The molecule has 4 atom stereocenters. The number of amides is 1. The van der Waals surface area contributed by atoms with Gasteiger partial charge in [-0.05, 0) is 61.1 Å². The second-order valence-corrected chi connectivity index (χ2v) is 9.71. The number of carbonyl (C=O) groups is 1. The maximum Gasteiger partial charge on any atom is 0.217 e. The van der Waals surface area contributed by atoms with E-state index < -0.39 is 23.8 Å². The molecule has 0 saturated heterocycles. The van der Waals surface area contributed by atoms with Crippen LogP contribution in [0.1, 0.15) is 64.9 Å². The molecule has 2 aliphatic carbocycles. The first kappa shape index (κ1) is 23.1. The van der Waals surface area contributed by atoms with Gasteiger partial charge in [-0.2, -0.15) is 0 Å². The van der Waals surface area contributed by atoms with Crippen LogP contribution in [-0.4, -0.2) is 35.2 Å². The van der Waals surface area contributed by atoms with E-state index in [9.17, 15) is 18.7 Å². The molecule has 0 spiro atoms. The number of rotatable bonds is 11. The van der Waals surface area contributed by atoms with Crippen LogP contribution in [0, 0.1) is 29.4 Å². The van der Waals surface area contributed by atoms with Gasteiger partial charge in [-0.1, -0.05) is 33.1 Å². The second-order valence-electron chi connectivity index (χ2n) is 9.71. The Kier molecular flexibility index (Phi) is 7.51. The molecule has 0 radical (unpaired) electrons. The lowest BCUT2D eigenvalue weighted by Gasteiger charge is -2.29. The first-order valence-corrected chi connectivity index (χ1v) is 11.4. The lowest BCUT2D eigenvalue weighted by Crippen LogP contribution is -2.51. The Balaban J connectivity index is 1.62. The molecular weight excluding hydrogens is 386 g/mol. The van der Waals surface area contributed by atoms with E-state index in [1.165, 1.54) is 51.2 Å². The summed E-state index contributed by atoms with van der Waals surface area (Å²) in [6.07, 6.45) is 6.59. The van der Waals surface area contributed by atoms with E-state index in [1.54, 1.807) is 0 Å². The second kappa shape index (κ2) is 9.73. The molecular formula is C24H36F2N2O2. The first-order chi connectivity index (χ1) is 14.2. The van der Waals surface area contributed by atoms with Crippen molar-refractivity contribution in [2.45, 2.75) is 83.4 Å². The summed E-state index contributed by atoms with van der Waals surface area (Å²) in [5.74, 6) is 0.470. The lowest BCUT2D eigenvalue weighted by molar-refractivity contribution is -0.120. The molecule has 2 saturated carbocycles. The van der Waals surface area contributed by atoms with E-state index in [0.717, 1.165) is 12.5 Å². The average Bonchev–Trinajstić information content (AvgIpc) is 2.98. The van der Waals surface area contributed by atoms with Gasteiger partial charge < -0.3 is 15.7 Å². The summed E-state index contributed by atoms with van der Waals surface area (Å²) in [6, 6.07) is 2.71. The molecule has 4 unspecified atom stereocenters. The Morgan fingerprint density at radius 3 is 2.40 bits per heavy atom. The molecule has 168 valence electrons. The summed E-state index contributed by atoms with van der Waals surface area (Å²) >= 11 is 0. The largest absolute Gasteiger partial charge is 0.390 e. The predicted octanol–water partition coefficient (Wildman–Crippen LogP) is 3.96. The van der Waals surface area contributed by atoms with Crippen LogP contribution in [0.2, 0.25) is 0 Å². The van der Waals surface area contributed by atoms with Crippen LogP contribution in [0.3, 0.4) is 0 Å². The number of carbonyl (C=O) groups excluding carboxylic acids is 1. The molecule has 1 aromatic rings. The van der Waals surface area contributed by atoms with E-state index in [0.29, 0.717) is 29.9 Å². The molecule has 0 heterocycles. The number of benzene rings is 1. The van der Waals surface area contributed by atoms with Gasteiger partial charge in [0.05, 0.1) is 12.1 Å². The predicted molar refractivity (Wildman–Crippen MR) is 114 cm³/mol. The number of hydrogen-bond acceptors (Lipinski definition) is 3. The van der Waals surface area contributed by atoms with Crippen molar-refractivity contribution in [3.63, 3.8) is 0 Å². The lowest BCUT2D eigenvalue weighted by atomic mass is 9.94. The molecule has 3 rings (SSSR count). The third-order valence-electron chi connectivity index (χ3n) is 6.97. The Labute approximate surface area is 178 Å². The number of aliphatic hydroxyl groups excluding tert-OH is 1. The summed E-state index contributed by atoms with van der Waals surface area (Å²) in [4.78, 5) is 11.7. The van der Waals surface area contributed by atoms with Crippen molar-refractivity contribution in [1.29, 1.82) is 0 Å². The van der Waals surface area contributed by atoms with Gasteiger partial charge in [-0.3, -0.25) is 4.79 Å². The summed E-state index contributed by atoms with van der Waals surface area (Å²) in [5, 5.41) is 17.3. The highest BCUT2D eigenvalue weighted by Gasteiger charge is 2.64. The van der Waals surface area contributed by atoms with Crippen molar-refractivity contribution >= 4 is 5.91 Å². The number of halogens is 2. The third-order valence-corrected chi connectivity index (χ3v) is 6.97. The number of aliphatic hydroxyl groups is 1. The minimum absolute atomic E-state index is 0.111. The molecule has 2 fully saturated rings. The Hall–Kier alpha value is -1.53. The highest BCUT2D eigenvalue weighted by atomic mass is 19.1. The van der Waals surface area contributed by atoms with Crippen molar-refractivity contribution in [2.24, 2.45) is 17.8 Å². The summed E-state index contributed by atoms with van der Waals surface area (Å²) < 4.78 is 27.1. The maximum absolute atomic E-state index is 13.6. The number of nitrogens with one attached hydrogen (secondary N) is 2.